The van der Waals surface area contributed by atoms with Crippen LogP contribution in [0.2, 0.25) is 0 Å². The zero-order valence-corrected chi connectivity index (χ0v) is 15.6. The quantitative estimate of drug-likeness (QED) is 0.548. The van der Waals surface area contributed by atoms with Crippen molar-refractivity contribution in [1.82, 2.24) is 0 Å². The molecule has 0 aliphatic rings. The molecule has 0 aromatic heterocycles. The van der Waals surface area contributed by atoms with Gasteiger partial charge in [0.1, 0.15) is 5.75 Å². The summed E-state index contributed by atoms with van der Waals surface area (Å²) >= 11 is 0. The molecular weight excluding hydrogens is 304 g/mol. The Bertz CT molecular complexity index is 723. The molecule has 0 radical (unpaired) electrons. The van der Waals surface area contributed by atoms with Crippen LogP contribution in [0, 0.1) is 0 Å². The van der Waals surface area contributed by atoms with E-state index in [2.05, 4.69) is 76.2 Å². The van der Waals surface area contributed by atoms with E-state index in [0.29, 0.717) is 17.6 Å². The van der Waals surface area contributed by atoms with E-state index in [-0.39, 0.29) is 0 Å². The van der Waals surface area contributed by atoms with Gasteiger partial charge in [-0.05, 0) is 46.2 Å². The first-order chi connectivity index (χ1) is 12.0. The van der Waals surface area contributed by atoms with Crippen molar-refractivity contribution in [1.29, 1.82) is 0 Å². The third kappa shape index (κ3) is 5.22. The predicted octanol–water partition coefficient (Wildman–Crippen LogP) is 6.99. The minimum atomic E-state index is 0.322. The molecule has 3 rings (SSSR count). The van der Waals surface area contributed by atoms with Crippen molar-refractivity contribution in [3.63, 3.8) is 0 Å². The molecule has 0 aliphatic heterocycles. The van der Waals surface area contributed by atoms with E-state index in [4.69, 9.17) is 5.11 Å². The van der Waals surface area contributed by atoms with Gasteiger partial charge in [0, 0.05) is 0 Å². The van der Waals surface area contributed by atoms with Crippen LogP contribution in [0.15, 0.2) is 78.9 Å². The monoisotopic (exact) mass is 332 g/mol. The van der Waals surface area contributed by atoms with Crippen molar-refractivity contribution >= 4 is 0 Å². The number of para-hydroxylation sites is 1. The molecule has 0 bridgehead atoms. The fraction of sp³-hybridized carbons (Fsp3) is 0.250. The van der Waals surface area contributed by atoms with Crippen LogP contribution in [0.4, 0.5) is 0 Å². The van der Waals surface area contributed by atoms with Gasteiger partial charge in [-0.25, -0.2) is 0 Å². The predicted molar refractivity (Wildman–Crippen MR) is 108 cm³/mol. The summed E-state index contributed by atoms with van der Waals surface area (Å²) in [6.45, 7) is 9.04. The first kappa shape index (κ1) is 18.8. The van der Waals surface area contributed by atoms with Gasteiger partial charge in [0.25, 0.3) is 0 Å². The minimum Gasteiger partial charge on any atom is -0.508 e. The largest absolute Gasteiger partial charge is 0.508 e. The van der Waals surface area contributed by atoms with Crippen molar-refractivity contribution in [3.05, 3.63) is 90.0 Å². The van der Waals surface area contributed by atoms with E-state index in [0.717, 1.165) is 0 Å². The third-order valence-electron chi connectivity index (χ3n) is 4.21. The summed E-state index contributed by atoms with van der Waals surface area (Å²) in [5, 5.41) is 8.63. The highest BCUT2D eigenvalue weighted by molar-refractivity contribution is 5.71. The molecule has 0 saturated heterocycles. The summed E-state index contributed by atoms with van der Waals surface area (Å²) < 4.78 is 0. The van der Waals surface area contributed by atoms with Crippen molar-refractivity contribution in [2.24, 2.45) is 0 Å². The molecular formula is C24H28O. The van der Waals surface area contributed by atoms with Crippen LogP contribution < -0.4 is 0 Å². The molecule has 3 aromatic rings. The summed E-state index contributed by atoms with van der Waals surface area (Å²) in [4.78, 5) is 0. The summed E-state index contributed by atoms with van der Waals surface area (Å²) in [5.74, 6) is 1.44. The lowest BCUT2D eigenvalue weighted by Gasteiger charge is -2.17. The maximum Gasteiger partial charge on any atom is 0.115 e. The van der Waals surface area contributed by atoms with E-state index in [1.54, 1.807) is 24.3 Å². The van der Waals surface area contributed by atoms with Gasteiger partial charge in [0.2, 0.25) is 0 Å². The first-order valence-electron chi connectivity index (χ1n) is 8.93. The Morgan fingerprint density at radius 2 is 0.880 bits per heavy atom. The minimum absolute atomic E-state index is 0.322. The van der Waals surface area contributed by atoms with Crippen LogP contribution in [-0.2, 0) is 0 Å². The van der Waals surface area contributed by atoms with Gasteiger partial charge in [0.15, 0.2) is 0 Å². The number of phenolic OH excluding ortho intramolecular Hbond substituents is 1. The number of hydrogen-bond donors (Lipinski definition) is 1. The lowest BCUT2D eigenvalue weighted by Crippen LogP contribution is -1.96. The lowest BCUT2D eigenvalue weighted by atomic mass is 9.87. The molecule has 0 atom stereocenters. The van der Waals surface area contributed by atoms with E-state index in [1.165, 1.54) is 22.3 Å². The second-order valence-corrected chi connectivity index (χ2v) is 6.82. The zero-order valence-electron chi connectivity index (χ0n) is 15.6. The average molecular weight is 332 g/mol. The molecule has 3 aromatic carbocycles. The summed E-state index contributed by atoms with van der Waals surface area (Å²) in [7, 11) is 0. The Labute approximate surface area is 152 Å². The van der Waals surface area contributed by atoms with Crippen LogP contribution in [0.5, 0.6) is 5.75 Å². The van der Waals surface area contributed by atoms with Crippen LogP contribution in [0.25, 0.3) is 11.1 Å². The molecule has 0 heterocycles. The Morgan fingerprint density at radius 1 is 0.520 bits per heavy atom. The lowest BCUT2D eigenvalue weighted by molar-refractivity contribution is 0.475. The number of rotatable bonds is 3. The van der Waals surface area contributed by atoms with Gasteiger partial charge in [-0.1, -0.05) is 94.4 Å². The van der Waals surface area contributed by atoms with Gasteiger partial charge >= 0.3 is 0 Å². The van der Waals surface area contributed by atoms with E-state index in [9.17, 15) is 0 Å². The van der Waals surface area contributed by atoms with Crippen LogP contribution in [-0.4, -0.2) is 5.11 Å². The molecule has 0 saturated carbocycles. The molecule has 0 amide bonds. The van der Waals surface area contributed by atoms with Crippen LogP contribution >= 0.6 is 0 Å². The number of hydrogen-bond acceptors (Lipinski definition) is 1. The second-order valence-electron chi connectivity index (χ2n) is 6.82. The summed E-state index contributed by atoms with van der Waals surface area (Å²) in [6, 6.07) is 26.2. The standard InChI is InChI=1S/C18H22.C6H6O/c1-13(2)15-9-5-7-11-17(15)18-12-8-6-10-16(18)14(3)4;7-6-4-2-1-3-5-6/h5-14H,1-4H3;1-5,7H. The Hall–Kier alpha value is -2.54. The topological polar surface area (TPSA) is 20.2 Å². The Balaban J connectivity index is 0.000000269. The third-order valence-corrected chi connectivity index (χ3v) is 4.21. The van der Waals surface area contributed by atoms with Crippen molar-refractivity contribution in [2.75, 3.05) is 0 Å². The average Bonchev–Trinajstić information content (AvgIpc) is 2.63. The van der Waals surface area contributed by atoms with E-state index >= 15 is 0 Å². The van der Waals surface area contributed by atoms with Gasteiger partial charge in [-0.15, -0.1) is 0 Å². The second kappa shape index (κ2) is 9.08. The molecule has 130 valence electrons. The fourth-order valence-corrected chi connectivity index (χ4v) is 2.92. The molecule has 1 heteroatoms. The Kier molecular flexibility index (Phi) is 6.82. The molecule has 0 aliphatic carbocycles. The molecule has 0 unspecified atom stereocenters. The normalized spacial score (nSPS) is 10.5. The van der Waals surface area contributed by atoms with E-state index in [1.807, 2.05) is 6.07 Å². The van der Waals surface area contributed by atoms with Crippen molar-refractivity contribution in [2.45, 2.75) is 39.5 Å². The van der Waals surface area contributed by atoms with Crippen LogP contribution in [0.3, 0.4) is 0 Å². The highest BCUT2D eigenvalue weighted by atomic mass is 16.3. The molecule has 1 nitrogen and oxygen atoms in total. The maximum absolute atomic E-state index is 8.63. The van der Waals surface area contributed by atoms with Crippen molar-refractivity contribution < 1.29 is 5.11 Å². The molecule has 25 heavy (non-hydrogen) atoms. The highest BCUT2D eigenvalue weighted by Crippen LogP contribution is 2.34. The first-order valence-corrected chi connectivity index (χ1v) is 8.93. The molecule has 1 N–H and O–H groups in total. The fourth-order valence-electron chi connectivity index (χ4n) is 2.92. The van der Waals surface area contributed by atoms with Gasteiger partial charge in [0.05, 0.1) is 0 Å². The van der Waals surface area contributed by atoms with Gasteiger partial charge in [-0.2, -0.15) is 0 Å². The smallest absolute Gasteiger partial charge is 0.115 e. The Morgan fingerprint density at radius 3 is 1.20 bits per heavy atom. The summed E-state index contributed by atoms with van der Waals surface area (Å²) in [6.07, 6.45) is 0. The summed E-state index contributed by atoms with van der Waals surface area (Å²) in [5.41, 5.74) is 5.64. The zero-order chi connectivity index (χ0) is 18.2. The van der Waals surface area contributed by atoms with E-state index < -0.39 is 0 Å². The van der Waals surface area contributed by atoms with Crippen molar-refractivity contribution in [3.8, 4) is 16.9 Å². The van der Waals surface area contributed by atoms with Crippen LogP contribution in [0.1, 0.15) is 50.7 Å². The maximum atomic E-state index is 8.63. The number of phenols is 1. The van der Waals surface area contributed by atoms with Gasteiger partial charge < -0.3 is 5.11 Å². The molecule has 0 fully saturated rings. The number of aromatic hydroxyl groups is 1. The number of benzene rings is 3. The highest BCUT2D eigenvalue weighted by Gasteiger charge is 2.12. The SMILES string of the molecule is CC(C)c1ccccc1-c1ccccc1C(C)C.Oc1ccccc1. The van der Waals surface area contributed by atoms with Gasteiger partial charge in [-0.3, -0.25) is 0 Å². The molecule has 0 spiro atoms.